The van der Waals surface area contributed by atoms with Gasteiger partial charge in [0.05, 0.1) is 31.3 Å². The monoisotopic (exact) mass is 471 g/mol. The number of rotatable bonds is 4. The molecule has 1 atom stereocenters. The minimum Gasteiger partial charge on any atom is -0.493 e. The molecule has 33 heavy (non-hydrogen) atoms. The van der Waals surface area contributed by atoms with Crippen molar-refractivity contribution < 1.29 is 32.2 Å². The summed E-state index contributed by atoms with van der Waals surface area (Å²) in [5, 5.41) is 0. The van der Waals surface area contributed by atoms with Crippen LogP contribution in [0.15, 0.2) is 30.0 Å². The molecule has 2 aromatic carbocycles. The van der Waals surface area contributed by atoms with Gasteiger partial charge in [-0.1, -0.05) is 12.1 Å². The highest BCUT2D eigenvalue weighted by Crippen LogP contribution is 2.44. The van der Waals surface area contributed by atoms with Crippen molar-refractivity contribution in [2.45, 2.75) is 25.9 Å². The van der Waals surface area contributed by atoms with Gasteiger partial charge in [0.2, 0.25) is 5.78 Å². The third-order valence-electron chi connectivity index (χ3n) is 6.41. The van der Waals surface area contributed by atoms with Crippen molar-refractivity contribution >= 4 is 21.7 Å². The Hall–Kier alpha value is -3.04. The molecule has 9 heteroatoms. The van der Waals surface area contributed by atoms with Crippen molar-refractivity contribution in [3.63, 3.8) is 0 Å². The number of hydrogen-bond donors (Lipinski definition) is 0. The molecule has 0 aromatic heterocycles. The maximum atomic E-state index is 13.2. The van der Waals surface area contributed by atoms with Crippen LogP contribution in [0, 0.1) is 6.92 Å². The summed E-state index contributed by atoms with van der Waals surface area (Å²) < 4.78 is 46.6. The molecule has 1 saturated heterocycles. The number of ketones is 1. The number of sulfone groups is 1. The normalized spacial score (nSPS) is 22.5. The molecule has 2 aromatic rings. The van der Waals surface area contributed by atoms with E-state index >= 15 is 0 Å². The van der Waals surface area contributed by atoms with Crippen LogP contribution in [0.3, 0.4) is 0 Å². The van der Waals surface area contributed by atoms with Crippen LogP contribution in [0.4, 0.5) is 0 Å². The van der Waals surface area contributed by atoms with E-state index in [1.807, 2.05) is 24.0 Å². The summed E-state index contributed by atoms with van der Waals surface area (Å²) in [4.78, 5) is 15.2. The van der Waals surface area contributed by atoms with Gasteiger partial charge in [-0.25, -0.2) is 8.42 Å². The van der Waals surface area contributed by atoms with Gasteiger partial charge in [0, 0.05) is 29.3 Å². The van der Waals surface area contributed by atoms with E-state index < -0.39 is 9.84 Å². The van der Waals surface area contributed by atoms with Crippen LogP contribution in [-0.2, 0) is 16.4 Å². The predicted molar refractivity (Wildman–Crippen MR) is 122 cm³/mol. The molecule has 1 fully saturated rings. The van der Waals surface area contributed by atoms with Crippen LogP contribution in [0.2, 0.25) is 0 Å². The number of fused-ring (bicyclic) bond motifs is 2. The smallest absolute Gasteiger partial charge is 0.231 e. The third kappa shape index (κ3) is 3.75. The molecular weight excluding hydrogens is 446 g/mol. The van der Waals surface area contributed by atoms with Gasteiger partial charge in [0.25, 0.3) is 0 Å². The Balaban J connectivity index is 1.46. The van der Waals surface area contributed by atoms with Crippen LogP contribution in [0.1, 0.15) is 33.5 Å². The Labute approximate surface area is 192 Å². The van der Waals surface area contributed by atoms with Gasteiger partial charge in [0.1, 0.15) is 18.2 Å². The van der Waals surface area contributed by atoms with Gasteiger partial charge in [-0.3, -0.25) is 9.69 Å². The minimum absolute atomic E-state index is 0.0698. The number of hydrogen-bond acceptors (Lipinski definition) is 8. The second kappa shape index (κ2) is 8.07. The molecular formula is C24H25NO7S. The summed E-state index contributed by atoms with van der Waals surface area (Å²) in [7, 11) is 0.105. The number of Topliss-reactive ketones (excluding diaryl/α,β-unsaturated/α-hetero) is 1. The fourth-order valence-corrected chi connectivity index (χ4v) is 6.49. The van der Waals surface area contributed by atoms with Gasteiger partial charge >= 0.3 is 0 Å². The molecule has 3 aliphatic heterocycles. The zero-order chi connectivity index (χ0) is 23.3. The molecule has 3 aliphatic rings. The maximum absolute atomic E-state index is 13.2. The lowest BCUT2D eigenvalue weighted by molar-refractivity contribution is 0.0637. The first-order valence-electron chi connectivity index (χ1n) is 10.7. The quantitative estimate of drug-likeness (QED) is 0.629. The summed E-state index contributed by atoms with van der Waals surface area (Å²) >= 11 is 0. The second-order valence-corrected chi connectivity index (χ2v) is 10.7. The van der Waals surface area contributed by atoms with Crippen molar-refractivity contribution in [1.29, 1.82) is 0 Å². The van der Waals surface area contributed by atoms with Crippen molar-refractivity contribution in [2.24, 2.45) is 0 Å². The van der Waals surface area contributed by atoms with Gasteiger partial charge in [-0.2, -0.15) is 0 Å². The van der Waals surface area contributed by atoms with Crippen molar-refractivity contribution in [3.05, 3.63) is 52.3 Å². The average molecular weight is 472 g/mol. The van der Waals surface area contributed by atoms with E-state index in [1.165, 1.54) is 0 Å². The highest BCUT2D eigenvalue weighted by Gasteiger charge is 2.37. The number of ether oxygens (including phenoxy) is 4. The largest absolute Gasteiger partial charge is 0.493 e. The molecule has 3 heterocycles. The lowest BCUT2D eigenvalue weighted by atomic mass is 9.99. The molecule has 0 unspecified atom stereocenters. The summed E-state index contributed by atoms with van der Waals surface area (Å²) in [5.41, 5.74) is 2.76. The number of allylic oxidation sites excluding steroid dienone is 1. The Morgan fingerprint density at radius 2 is 2.00 bits per heavy atom. The van der Waals surface area contributed by atoms with Gasteiger partial charge < -0.3 is 18.9 Å². The Morgan fingerprint density at radius 3 is 2.70 bits per heavy atom. The van der Waals surface area contributed by atoms with Gasteiger partial charge in [0.15, 0.2) is 27.1 Å². The lowest BCUT2D eigenvalue weighted by Crippen LogP contribution is -2.41. The molecule has 8 nitrogen and oxygen atoms in total. The lowest BCUT2D eigenvalue weighted by Gasteiger charge is -2.33. The highest BCUT2D eigenvalue weighted by atomic mass is 32.2. The molecule has 0 aliphatic carbocycles. The molecule has 174 valence electrons. The SMILES string of the molecule is COc1cccc(/C=C2\Oc3c(cc4c(c3C)OCN([C@@H]3CCS(=O)(=O)C3)C4)C2=O)c1OC. The number of methoxy groups -OCH3 is 2. The Bertz CT molecular complexity index is 1280. The number of carbonyl (C=O) groups is 1. The van der Waals surface area contributed by atoms with Crippen LogP contribution >= 0.6 is 0 Å². The first-order valence-corrected chi connectivity index (χ1v) is 12.5. The van der Waals surface area contributed by atoms with Crippen molar-refractivity contribution in [3.8, 4) is 23.0 Å². The number of nitrogens with zero attached hydrogens (tertiary/aromatic N) is 1. The standard InChI is InChI=1S/C24H25NO7S/c1-14-22-16(11-25(13-31-22)17-7-8-33(27,28)12-17)9-18-21(26)20(32-23(14)18)10-15-5-4-6-19(29-2)24(15)30-3/h4-6,9-10,17H,7-8,11-13H2,1-3H3/b20-10-/t17-/m1/s1. The molecule has 0 N–H and O–H groups in total. The van der Waals surface area contributed by atoms with Crippen LogP contribution in [0.5, 0.6) is 23.0 Å². The van der Waals surface area contributed by atoms with Crippen LogP contribution in [0.25, 0.3) is 6.08 Å². The summed E-state index contributed by atoms with van der Waals surface area (Å²) in [6.45, 7) is 2.71. The highest BCUT2D eigenvalue weighted by molar-refractivity contribution is 7.91. The molecule has 0 amide bonds. The van der Waals surface area contributed by atoms with Crippen LogP contribution in [-0.4, -0.2) is 57.6 Å². The fraction of sp³-hybridized carbons (Fsp3) is 0.375. The maximum Gasteiger partial charge on any atom is 0.231 e. The van der Waals surface area contributed by atoms with E-state index in [0.717, 1.165) is 11.1 Å². The third-order valence-corrected chi connectivity index (χ3v) is 8.16. The van der Waals surface area contributed by atoms with E-state index in [0.29, 0.717) is 53.8 Å². The summed E-state index contributed by atoms with van der Waals surface area (Å²) in [5.74, 6) is 2.58. The summed E-state index contributed by atoms with van der Waals surface area (Å²) in [6, 6.07) is 7.15. The van der Waals surface area contributed by atoms with Crippen molar-refractivity contribution in [2.75, 3.05) is 32.5 Å². The van der Waals surface area contributed by atoms with Crippen LogP contribution < -0.4 is 18.9 Å². The predicted octanol–water partition coefficient (Wildman–Crippen LogP) is 2.97. The zero-order valence-electron chi connectivity index (χ0n) is 18.7. The number of benzene rings is 2. The molecule has 0 radical (unpaired) electrons. The fourth-order valence-electron chi connectivity index (χ4n) is 4.73. The average Bonchev–Trinajstić information content (AvgIpc) is 3.33. The number of para-hydroxylation sites is 1. The molecule has 0 spiro atoms. The molecule has 0 bridgehead atoms. The second-order valence-electron chi connectivity index (χ2n) is 8.47. The van der Waals surface area contributed by atoms with E-state index in [1.54, 1.807) is 32.4 Å². The van der Waals surface area contributed by atoms with Crippen molar-refractivity contribution in [1.82, 2.24) is 4.90 Å². The van der Waals surface area contributed by atoms with E-state index in [2.05, 4.69) is 0 Å². The first kappa shape index (κ1) is 21.8. The van der Waals surface area contributed by atoms with Gasteiger partial charge in [-0.05, 0) is 31.6 Å². The van der Waals surface area contributed by atoms with Gasteiger partial charge in [-0.15, -0.1) is 0 Å². The summed E-state index contributed by atoms with van der Waals surface area (Å²) in [6.07, 6.45) is 2.25. The minimum atomic E-state index is -2.99. The van der Waals surface area contributed by atoms with E-state index in [-0.39, 0.29) is 29.1 Å². The molecule has 5 rings (SSSR count). The Morgan fingerprint density at radius 1 is 1.18 bits per heavy atom. The zero-order valence-corrected chi connectivity index (χ0v) is 19.5. The first-order chi connectivity index (χ1) is 15.8. The molecule has 0 saturated carbocycles. The van der Waals surface area contributed by atoms with E-state index in [9.17, 15) is 13.2 Å². The number of carbonyl (C=O) groups excluding carboxylic acids is 1. The topological polar surface area (TPSA) is 91.4 Å². The van der Waals surface area contributed by atoms with E-state index in [4.69, 9.17) is 18.9 Å². The Kier molecular flexibility index (Phi) is 5.33.